The van der Waals surface area contributed by atoms with Gasteiger partial charge in [0.05, 0.1) is 23.8 Å². The zero-order valence-corrected chi connectivity index (χ0v) is 20.1. The van der Waals surface area contributed by atoms with Gasteiger partial charge in [0.2, 0.25) is 0 Å². The zero-order valence-electron chi connectivity index (χ0n) is 20.1. The highest BCUT2D eigenvalue weighted by Crippen LogP contribution is 2.45. The molecular formula is C30H29F2N3O. The lowest BCUT2D eigenvalue weighted by Crippen LogP contribution is -2.29. The second-order valence-corrected chi connectivity index (χ2v) is 9.39. The van der Waals surface area contributed by atoms with Crippen LogP contribution in [-0.2, 0) is 23.4 Å². The Labute approximate surface area is 209 Å². The predicted octanol–water partition coefficient (Wildman–Crippen LogP) is 6.48. The molecule has 1 atom stereocenters. The first kappa shape index (κ1) is 24.2. The number of aromatic nitrogens is 1. The second-order valence-electron chi connectivity index (χ2n) is 9.39. The maximum atomic E-state index is 13.9. The Morgan fingerprint density at radius 2 is 1.83 bits per heavy atom. The fraction of sp³-hybridized carbons (Fsp3) is 0.300. The Morgan fingerprint density at radius 3 is 2.67 bits per heavy atom. The standard InChI is InChI=1S/C30H29F2N3O/c31-25-11-9-24(10-12-25)30(27-13-8-21(18-33)17-23(27)20-36-30)14-4-16-34-15-2-1-5-22-19-35-29-26(22)6-3-7-28(29)32/h3,6-13,17,19,34-35H,1-2,4-5,14-16,20H2. The van der Waals surface area contributed by atoms with Crippen molar-refractivity contribution in [3.63, 3.8) is 0 Å². The van der Waals surface area contributed by atoms with E-state index in [-0.39, 0.29) is 11.6 Å². The lowest BCUT2D eigenvalue weighted by atomic mass is 9.81. The van der Waals surface area contributed by atoms with Crippen LogP contribution in [0, 0.1) is 23.0 Å². The molecule has 6 heteroatoms. The van der Waals surface area contributed by atoms with Gasteiger partial charge in [0.15, 0.2) is 0 Å². The van der Waals surface area contributed by atoms with Crippen molar-refractivity contribution in [2.75, 3.05) is 13.1 Å². The molecule has 1 unspecified atom stereocenters. The largest absolute Gasteiger partial charge is 0.361 e. The minimum atomic E-state index is -0.636. The molecule has 4 nitrogen and oxygen atoms in total. The van der Waals surface area contributed by atoms with Crippen molar-refractivity contribution in [2.45, 2.75) is 44.3 Å². The van der Waals surface area contributed by atoms with Gasteiger partial charge in [-0.2, -0.15) is 5.26 Å². The van der Waals surface area contributed by atoms with Crippen LogP contribution in [0.1, 0.15) is 53.5 Å². The number of hydrogen-bond donors (Lipinski definition) is 2. The first-order valence-electron chi connectivity index (χ1n) is 12.5. The SMILES string of the molecule is N#Cc1ccc2c(c1)COC2(CCCNCCCCc1c[nH]c2c(F)cccc12)c1ccc(F)cc1. The second kappa shape index (κ2) is 10.6. The number of nitrogens with zero attached hydrogens (tertiary/aromatic N) is 1. The normalized spacial score (nSPS) is 16.8. The molecule has 0 radical (unpaired) electrons. The monoisotopic (exact) mass is 485 g/mol. The Bertz CT molecular complexity index is 1390. The summed E-state index contributed by atoms with van der Waals surface area (Å²) >= 11 is 0. The molecule has 0 saturated carbocycles. The van der Waals surface area contributed by atoms with Crippen LogP contribution >= 0.6 is 0 Å². The predicted molar refractivity (Wildman–Crippen MR) is 136 cm³/mol. The Kier molecular flexibility index (Phi) is 7.13. The lowest BCUT2D eigenvalue weighted by molar-refractivity contribution is -0.0129. The third-order valence-electron chi connectivity index (χ3n) is 7.14. The van der Waals surface area contributed by atoms with E-state index in [1.807, 2.05) is 30.5 Å². The molecule has 2 N–H and O–H groups in total. The van der Waals surface area contributed by atoms with Crippen molar-refractivity contribution < 1.29 is 13.5 Å². The van der Waals surface area contributed by atoms with Gasteiger partial charge in [0.25, 0.3) is 0 Å². The van der Waals surface area contributed by atoms with Crippen molar-refractivity contribution in [2.24, 2.45) is 0 Å². The van der Waals surface area contributed by atoms with E-state index < -0.39 is 5.60 Å². The summed E-state index contributed by atoms with van der Waals surface area (Å²) in [4.78, 5) is 3.05. The number of fused-ring (bicyclic) bond motifs is 2. The third-order valence-corrected chi connectivity index (χ3v) is 7.14. The Morgan fingerprint density at radius 1 is 1.00 bits per heavy atom. The number of para-hydroxylation sites is 1. The van der Waals surface area contributed by atoms with Crippen LogP contribution in [0.2, 0.25) is 0 Å². The number of ether oxygens (including phenoxy) is 1. The Balaban J connectivity index is 1.15. The minimum absolute atomic E-state index is 0.210. The number of hydrogen-bond acceptors (Lipinski definition) is 3. The van der Waals surface area contributed by atoms with Crippen LogP contribution in [-0.4, -0.2) is 18.1 Å². The van der Waals surface area contributed by atoms with Gasteiger partial charge in [-0.05, 0) is 97.8 Å². The van der Waals surface area contributed by atoms with E-state index in [1.54, 1.807) is 18.2 Å². The molecule has 5 rings (SSSR count). The lowest BCUT2D eigenvalue weighted by Gasteiger charge is -2.30. The molecule has 2 heterocycles. The summed E-state index contributed by atoms with van der Waals surface area (Å²) in [5.74, 6) is -0.482. The van der Waals surface area contributed by atoms with Crippen molar-refractivity contribution in [3.8, 4) is 6.07 Å². The van der Waals surface area contributed by atoms with E-state index >= 15 is 0 Å². The van der Waals surface area contributed by atoms with E-state index in [9.17, 15) is 14.0 Å². The van der Waals surface area contributed by atoms with Crippen LogP contribution in [0.25, 0.3) is 10.9 Å². The molecule has 4 aromatic rings. The van der Waals surface area contributed by atoms with Crippen LogP contribution in [0.4, 0.5) is 8.78 Å². The van der Waals surface area contributed by atoms with E-state index in [1.165, 1.54) is 18.2 Å². The maximum absolute atomic E-state index is 13.9. The smallest absolute Gasteiger partial charge is 0.147 e. The number of rotatable bonds is 10. The average Bonchev–Trinajstić information content (AvgIpc) is 3.48. The van der Waals surface area contributed by atoms with E-state index in [0.717, 1.165) is 72.8 Å². The molecule has 0 saturated heterocycles. The molecule has 1 aliphatic rings. The third kappa shape index (κ3) is 4.77. The summed E-state index contributed by atoms with van der Waals surface area (Å²) < 4.78 is 33.9. The first-order valence-corrected chi connectivity index (χ1v) is 12.5. The number of halogens is 2. The number of aromatic amines is 1. The highest BCUT2D eigenvalue weighted by Gasteiger charge is 2.41. The summed E-state index contributed by atoms with van der Waals surface area (Å²) in [6, 6.07) is 19.6. The average molecular weight is 486 g/mol. The van der Waals surface area contributed by atoms with Gasteiger partial charge in [-0.3, -0.25) is 0 Å². The van der Waals surface area contributed by atoms with Crippen LogP contribution < -0.4 is 5.32 Å². The quantitative estimate of drug-likeness (QED) is 0.253. The van der Waals surface area contributed by atoms with Gasteiger partial charge in [-0.1, -0.05) is 30.3 Å². The highest BCUT2D eigenvalue weighted by molar-refractivity contribution is 5.83. The van der Waals surface area contributed by atoms with Crippen LogP contribution in [0.15, 0.2) is 66.9 Å². The number of nitrogens with one attached hydrogen (secondary N) is 2. The molecule has 36 heavy (non-hydrogen) atoms. The Hall–Kier alpha value is -3.53. The van der Waals surface area contributed by atoms with Gasteiger partial charge < -0.3 is 15.0 Å². The van der Waals surface area contributed by atoms with Gasteiger partial charge in [-0.15, -0.1) is 0 Å². The van der Waals surface area contributed by atoms with Crippen molar-refractivity contribution >= 4 is 10.9 Å². The topological polar surface area (TPSA) is 60.8 Å². The van der Waals surface area contributed by atoms with Crippen molar-refractivity contribution in [1.29, 1.82) is 5.26 Å². The maximum Gasteiger partial charge on any atom is 0.147 e. The zero-order chi connectivity index (χ0) is 25.0. The van der Waals surface area contributed by atoms with Gasteiger partial charge >= 0.3 is 0 Å². The molecule has 1 aromatic heterocycles. The summed E-state index contributed by atoms with van der Waals surface area (Å²) in [6.45, 7) is 2.19. The summed E-state index contributed by atoms with van der Waals surface area (Å²) in [6.07, 6.45) is 6.52. The fourth-order valence-corrected chi connectivity index (χ4v) is 5.30. The van der Waals surface area contributed by atoms with Crippen molar-refractivity contribution in [1.82, 2.24) is 10.3 Å². The van der Waals surface area contributed by atoms with Crippen molar-refractivity contribution in [3.05, 3.63) is 106 Å². The summed E-state index contributed by atoms with van der Waals surface area (Å²) in [7, 11) is 0. The molecule has 1 aliphatic heterocycles. The van der Waals surface area contributed by atoms with E-state index in [0.29, 0.717) is 17.7 Å². The van der Waals surface area contributed by atoms with Crippen LogP contribution in [0.3, 0.4) is 0 Å². The van der Waals surface area contributed by atoms with E-state index in [2.05, 4.69) is 16.4 Å². The highest BCUT2D eigenvalue weighted by atomic mass is 19.1. The first-order chi connectivity index (χ1) is 17.6. The number of H-pyrrole nitrogens is 1. The minimum Gasteiger partial charge on any atom is -0.361 e. The number of nitriles is 1. The molecular weight excluding hydrogens is 456 g/mol. The molecule has 0 spiro atoms. The molecule has 3 aromatic carbocycles. The van der Waals surface area contributed by atoms with Gasteiger partial charge in [0, 0.05) is 11.6 Å². The number of benzene rings is 3. The summed E-state index contributed by atoms with van der Waals surface area (Å²) in [5.41, 5.74) is 4.73. The van der Waals surface area contributed by atoms with Crippen LogP contribution in [0.5, 0.6) is 0 Å². The molecule has 0 amide bonds. The number of unbranched alkanes of at least 4 members (excludes halogenated alkanes) is 1. The molecule has 184 valence electrons. The summed E-state index contributed by atoms with van der Waals surface area (Å²) in [5, 5.41) is 13.8. The van der Waals surface area contributed by atoms with Gasteiger partial charge in [0.1, 0.15) is 17.2 Å². The molecule has 0 fully saturated rings. The number of aryl methyl sites for hydroxylation is 1. The molecule has 0 bridgehead atoms. The van der Waals surface area contributed by atoms with Gasteiger partial charge in [-0.25, -0.2) is 8.78 Å². The van der Waals surface area contributed by atoms with E-state index in [4.69, 9.17) is 4.74 Å². The molecule has 0 aliphatic carbocycles. The fourth-order valence-electron chi connectivity index (χ4n) is 5.30.